The molecule has 0 saturated carbocycles. The smallest absolute Gasteiger partial charge is 0.0878 e. The van der Waals surface area contributed by atoms with Gasteiger partial charge in [0.05, 0.1) is 11.9 Å². The van der Waals surface area contributed by atoms with Gasteiger partial charge in [0.1, 0.15) is 0 Å². The summed E-state index contributed by atoms with van der Waals surface area (Å²) >= 11 is 0. The van der Waals surface area contributed by atoms with E-state index in [4.69, 9.17) is 0 Å². The molecule has 0 N–H and O–H groups in total. The van der Waals surface area contributed by atoms with Gasteiger partial charge in [-0.1, -0.05) is 6.08 Å². The van der Waals surface area contributed by atoms with E-state index in [1.807, 2.05) is 12.3 Å². The average molecular weight is 131 g/mol. The Morgan fingerprint density at radius 3 is 3.30 bits per heavy atom. The standard InChI is InChI=1S/C8H7N2/c1-2-7-3-5-9-6-8(7)10-4-1/h2-6H,1H2. The normalized spacial score (nSPS) is 20.8. The van der Waals surface area contributed by atoms with E-state index in [0.29, 0.717) is 0 Å². The topological polar surface area (TPSA) is 26.5 Å². The molecule has 0 spiro atoms. The van der Waals surface area contributed by atoms with E-state index in [9.17, 15) is 0 Å². The van der Waals surface area contributed by atoms with Crippen molar-refractivity contribution >= 4 is 6.21 Å². The Labute approximate surface area is 59.7 Å². The highest BCUT2D eigenvalue weighted by Crippen LogP contribution is 2.18. The molecule has 10 heavy (non-hydrogen) atoms. The molecule has 0 amide bonds. The number of nitrogens with zero attached hydrogens (tertiary/aromatic N) is 2. The second-order valence-corrected chi connectivity index (χ2v) is 2.19. The van der Waals surface area contributed by atoms with E-state index in [2.05, 4.69) is 16.4 Å². The van der Waals surface area contributed by atoms with Crippen molar-refractivity contribution in [3.63, 3.8) is 0 Å². The maximum absolute atomic E-state index is 4.17. The number of rotatable bonds is 0. The molecule has 0 aromatic rings. The molecule has 1 radical (unpaired) electrons. The summed E-state index contributed by atoms with van der Waals surface area (Å²) in [5.74, 6) is 0. The van der Waals surface area contributed by atoms with Crippen LogP contribution in [0.5, 0.6) is 0 Å². The van der Waals surface area contributed by atoms with E-state index in [0.717, 1.165) is 12.1 Å². The molecular weight excluding hydrogens is 124 g/mol. The molecule has 0 bridgehead atoms. The van der Waals surface area contributed by atoms with Gasteiger partial charge in [-0.3, -0.25) is 10.3 Å². The van der Waals surface area contributed by atoms with Crippen LogP contribution < -0.4 is 5.32 Å². The molecule has 0 atom stereocenters. The summed E-state index contributed by atoms with van der Waals surface area (Å²) in [6.07, 6.45) is 10.5. The molecule has 0 aliphatic carbocycles. The SMILES string of the molecule is C1=CC2=CCC=NC2=C[N]1. The molecule has 0 fully saturated rings. The van der Waals surface area contributed by atoms with Crippen LogP contribution >= 0.6 is 0 Å². The minimum atomic E-state index is 0.941. The molecule has 2 aliphatic heterocycles. The quantitative estimate of drug-likeness (QED) is 0.474. The lowest BCUT2D eigenvalue weighted by atomic mass is 10.1. The van der Waals surface area contributed by atoms with Crippen LogP contribution in [0.25, 0.3) is 0 Å². The summed E-state index contributed by atoms with van der Waals surface area (Å²) in [6.45, 7) is 0. The summed E-state index contributed by atoms with van der Waals surface area (Å²) in [4.78, 5) is 4.17. The van der Waals surface area contributed by atoms with Gasteiger partial charge in [-0.2, -0.15) is 0 Å². The van der Waals surface area contributed by atoms with Crippen molar-refractivity contribution in [2.45, 2.75) is 6.42 Å². The Morgan fingerprint density at radius 1 is 1.40 bits per heavy atom. The van der Waals surface area contributed by atoms with Crippen molar-refractivity contribution in [2.24, 2.45) is 4.99 Å². The first-order chi connectivity index (χ1) is 4.97. The third-order valence-corrected chi connectivity index (χ3v) is 1.51. The summed E-state index contributed by atoms with van der Waals surface area (Å²) < 4.78 is 0. The lowest BCUT2D eigenvalue weighted by molar-refractivity contribution is 1.08. The molecule has 0 aromatic heterocycles. The number of allylic oxidation sites excluding steroid dienone is 2. The fourth-order valence-corrected chi connectivity index (χ4v) is 1.01. The minimum absolute atomic E-state index is 0.941. The monoisotopic (exact) mass is 131 g/mol. The number of hydrogen-bond acceptors (Lipinski definition) is 1. The zero-order valence-electron chi connectivity index (χ0n) is 5.49. The lowest BCUT2D eigenvalue weighted by Gasteiger charge is -2.09. The molecule has 2 heteroatoms. The summed E-state index contributed by atoms with van der Waals surface area (Å²) in [5, 5.41) is 3.96. The predicted molar refractivity (Wildman–Crippen MR) is 40.5 cm³/mol. The average Bonchev–Trinajstić information content (AvgIpc) is 2.05. The van der Waals surface area contributed by atoms with Gasteiger partial charge in [0.25, 0.3) is 0 Å². The zero-order chi connectivity index (χ0) is 6.81. The number of aliphatic imine (C=N–C) groups is 1. The van der Waals surface area contributed by atoms with Crippen LogP contribution in [-0.2, 0) is 0 Å². The van der Waals surface area contributed by atoms with Crippen LogP contribution in [0.1, 0.15) is 6.42 Å². The lowest BCUT2D eigenvalue weighted by Crippen LogP contribution is -1.99. The van der Waals surface area contributed by atoms with E-state index in [1.54, 1.807) is 12.4 Å². The van der Waals surface area contributed by atoms with Crippen LogP contribution in [-0.4, -0.2) is 6.21 Å². The Bertz CT molecular complexity index is 228. The number of hydrogen-bond donors (Lipinski definition) is 0. The maximum Gasteiger partial charge on any atom is 0.0878 e. The van der Waals surface area contributed by atoms with Crippen molar-refractivity contribution in [3.05, 3.63) is 35.8 Å². The summed E-state index contributed by atoms with van der Waals surface area (Å²) in [6, 6.07) is 0. The largest absolute Gasteiger partial charge is 0.262 e. The fourth-order valence-electron chi connectivity index (χ4n) is 1.01. The Hall–Kier alpha value is -1.31. The molecule has 2 aliphatic rings. The molecule has 0 aromatic carbocycles. The Kier molecular flexibility index (Phi) is 1.17. The van der Waals surface area contributed by atoms with E-state index in [1.165, 1.54) is 5.57 Å². The predicted octanol–water partition coefficient (Wildman–Crippen LogP) is 1.36. The van der Waals surface area contributed by atoms with Crippen molar-refractivity contribution < 1.29 is 0 Å². The molecule has 0 unspecified atom stereocenters. The first-order valence-corrected chi connectivity index (χ1v) is 3.26. The summed E-state index contributed by atoms with van der Waals surface area (Å²) in [7, 11) is 0. The molecule has 2 nitrogen and oxygen atoms in total. The van der Waals surface area contributed by atoms with Crippen LogP contribution in [0.3, 0.4) is 0 Å². The highest BCUT2D eigenvalue weighted by molar-refractivity contribution is 5.67. The van der Waals surface area contributed by atoms with Gasteiger partial charge in [-0.05, 0) is 11.6 Å². The molecular formula is C8H7N2. The van der Waals surface area contributed by atoms with Crippen molar-refractivity contribution in [1.29, 1.82) is 0 Å². The third kappa shape index (κ3) is 0.778. The van der Waals surface area contributed by atoms with Crippen molar-refractivity contribution in [2.75, 3.05) is 0 Å². The van der Waals surface area contributed by atoms with Crippen molar-refractivity contribution in [1.82, 2.24) is 5.32 Å². The fraction of sp³-hybridized carbons (Fsp3) is 0.125. The van der Waals surface area contributed by atoms with Gasteiger partial charge < -0.3 is 0 Å². The van der Waals surface area contributed by atoms with Crippen LogP contribution in [0.4, 0.5) is 0 Å². The van der Waals surface area contributed by atoms with E-state index < -0.39 is 0 Å². The van der Waals surface area contributed by atoms with E-state index in [-0.39, 0.29) is 0 Å². The van der Waals surface area contributed by atoms with Gasteiger partial charge in [-0.15, -0.1) is 0 Å². The Morgan fingerprint density at radius 2 is 2.40 bits per heavy atom. The third-order valence-electron chi connectivity index (χ3n) is 1.51. The molecule has 0 saturated heterocycles. The van der Waals surface area contributed by atoms with Crippen LogP contribution in [0.15, 0.2) is 40.8 Å². The molecule has 2 heterocycles. The summed E-state index contributed by atoms with van der Waals surface area (Å²) in [5.41, 5.74) is 2.17. The highest BCUT2D eigenvalue weighted by Gasteiger charge is 2.05. The van der Waals surface area contributed by atoms with Gasteiger partial charge >= 0.3 is 0 Å². The molecule has 49 valence electrons. The van der Waals surface area contributed by atoms with Gasteiger partial charge in [0, 0.05) is 18.8 Å². The van der Waals surface area contributed by atoms with Gasteiger partial charge in [-0.25, -0.2) is 0 Å². The van der Waals surface area contributed by atoms with Gasteiger partial charge in [0.15, 0.2) is 0 Å². The van der Waals surface area contributed by atoms with Crippen LogP contribution in [0.2, 0.25) is 0 Å². The van der Waals surface area contributed by atoms with Crippen LogP contribution in [0, 0.1) is 0 Å². The minimum Gasteiger partial charge on any atom is -0.262 e. The maximum atomic E-state index is 4.17. The highest BCUT2D eigenvalue weighted by atomic mass is 14.9. The zero-order valence-corrected chi connectivity index (χ0v) is 5.49. The van der Waals surface area contributed by atoms with E-state index >= 15 is 0 Å². The Balaban J connectivity index is 2.38. The number of fused-ring (bicyclic) bond motifs is 1. The first-order valence-electron chi connectivity index (χ1n) is 3.26. The van der Waals surface area contributed by atoms with Gasteiger partial charge in [0.2, 0.25) is 0 Å². The second kappa shape index (κ2) is 2.14. The van der Waals surface area contributed by atoms with Crippen molar-refractivity contribution in [3.8, 4) is 0 Å². The number of dihydropyridines is 1. The second-order valence-electron chi connectivity index (χ2n) is 2.19. The first kappa shape index (κ1) is 5.47. The molecule has 2 rings (SSSR count).